The van der Waals surface area contributed by atoms with E-state index in [2.05, 4.69) is 26.3 Å². The van der Waals surface area contributed by atoms with E-state index in [4.69, 9.17) is 0 Å². The number of fused-ring (bicyclic) bond motifs is 1. The van der Waals surface area contributed by atoms with E-state index in [1.807, 2.05) is 31.6 Å². The first-order valence-electron chi connectivity index (χ1n) is 5.99. The highest BCUT2D eigenvalue weighted by molar-refractivity contribution is 5.84. The molecule has 0 spiro atoms. The number of aliphatic imine (C=N–C) groups is 1. The van der Waals surface area contributed by atoms with Gasteiger partial charge in [-0.2, -0.15) is 0 Å². The molecule has 90 valence electrons. The molecule has 0 bridgehead atoms. The van der Waals surface area contributed by atoms with Gasteiger partial charge in [-0.25, -0.2) is 0 Å². The summed E-state index contributed by atoms with van der Waals surface area (Å²) in [6.07, 6.45) is 8.33. The summed E-state index contributed by atoms with van der Waals surface area (Å²) < 4.78 is 0. The van der Waals surface area contributed by atoms with Gasteiger partial charge in [-0.3, -0.25) is 15.0 Å². The highest BCUT2D eigenvalue weighted by Crippen LogP contribution is 2.21. The van der Waals surface area contributed by atoms with Gasteiger partial charge < -0.3 is 5.32 Å². The third-order valence-corrected chi connectivity index (χ3v) is 3.01. The summed E-state index contributed by atoms with van der Waals surface area (Å²) >= 11 is 0. The van der Waals surface area contributed by atoms with E-state index in [9.17, 15) is 0 Å². The summed E-state index contributed by atoms with van der Waals surface area (Å²) in [5.74, 6) is 0. The van der Waals surface area contributed by atoms with Crippen LogP contribution in [0.1, 0.15) is 16.8 Å². The molecule has 0 aliphatic carbocycles. The van der Waals surface area contributed by atoms with Crippen LogP contribution in [0.2, 0.25) is 0 Å². The van der Waals surface area contributed by atoms with Gasteiger partial charge in [0, 0.05) is 42.8 Å². The Morgan fingerprint density at radius 3 is 3.11 bits per heavy atom. The third kappa shape index (κ3) is 2.09. The van der Waals surface area contributed by atoms with Crippen LogP contribution in [0, 0.1) is 6.92 Å². The van der Waals surface area contributed by atoms with Crippen LogP contribution in [0.3, 0.4) is 0 Å². The molecule has 4 heteroatoms. The topological polar surface area (TPSA) is 50.2 Å². The summed E-state index contributed by atoms with van der Waals surface area (Å²) in [6.45, 7) is 2.87. The number of rotatable bonds is 2. The van der Waals surface area contributed by atoms with E-state index >= 15 is 0 Å². The Bertz CT molecular complexity index is 604. The van der Waals surface area contributed by atoms with Crippen LogP contribution in [0.4, 0.5) is 11.4 Å². The fraction of sp³-hybridized carbons (Fsp3) is 0.214. The molecular formula is C14H14N4. The molecule has 2 aromatic heterocycles. The Kier molecular flexibility index (Phi) is 2.76. The minimum atomic E-state index is 0.843. The van der Waals surface area contributed by atoms with Gasteiger partial charge >= 0.3 is 0 Å². The minimum absolute atomic E-state index is 0.843. The molecule has 18 heavy (non-hydrogen) atoms. The fourth-order valence-electron chi connectivity index (χ4n) is 2.00. The zero-order valence-electron chi connectivity index (χ0n) is 10.2. The van der Waals surface area contributed by atoms with Crippen molar-refractivity contribution in [1.29, 1.82) is 0 Å². The maximum absolute atomic E-state index is 4.48. The molecule has 3 heterocycles. The molecule has 4 nitrogen and oxygen atoms in total. The van der Waals surface area contributed by atoms with Crippen molar-refractivity contribution in [2.24, 2.45) is 4.99 Å². The largest absolute Gasteiger partial charge is 0.354 e. The van der Waals surface area contributed by atoms with E-state index in [-0.39, 0.29) is 0 Å². The van der Waals surface area contributed by atoms with Crippen molar-refractivity contribution in [3.05, 3.63) is 47.5 Å². The van der Waals surface area contributed by atoms with E-state index in [0.29, 0.717) is 0 Å². The van der Waals surface area contributed by atoms with Crippen molar-refractivity contribution in [2.75, 3.05) is 11.9 Å². The standard InChI is InChI=1S/C14H14N4/c1-10-7-15-4-2-13(10)18-12-6-11-8-16-5-3-14(11)17-9-12/h2,4,6-9H,3,5H2,1H3,(H,15,18). The molecule has 0 radical (unpaired) electrons. The van der Waals surface area contributed by atoms with Gasteiger partial charge in [-0.1, -0.05) is 0 Å². The Morgan fingerprint density at radius 2 is 2.22 bits per heavy atom. The molecule has 1 aliphatic heterocycles. The second kappa shape index (κ2) is 4.56. The quantitative estimate of drug-likeness (QED) is 0.874. The summed E-state index contributed by atoms with van der Waals surface area (Å²) in [6, 6.07) is 4.05. The third-order valence-electron chi connectivity index (χ3n) is 3.01. The van der Waals surface area contributed by atoms with Gasteiger partial charge in [0.25, 0.3) is 0 Å². The molecule has 0 fully saturated rings. The molecule has 3 rings (SSSR count). The molecule has 0 aromatic carbocycles. The Labute approximate surface area is 106 Å². The molecular weight excluding hydrogens is 224 g/mol. The molecule has 2 aromatic rings. The lowest BCUT2D eigenvalue weighted by molar-refractivity contribution is 0.906. The van der Waals surface area contributed by atoms with Crippen molar-refractivity contribution in [3.63, 3.8) is 0 Å². The molecule has 0 saturated carbocycles. The molecule has 0 unspecified atom stereocenters. The zero-order valence-corrected chi connectivity index (χ0v) is 10.2. The van der Waals surface area contributed by atoms with Crippen LogP contribution in [-0.2, 0) is 6.42 Å². The second-order valence-electron chi connectivity index (χ2n) is 4.36. The van der Waals surface area contributed by atoms with Crippen molar-refractivity contribution in [3.8, 4) is 0 Å². The zero-order chi connectivity index (χ0) is 12.4. The Balaban J connectivity index is 1.90. The predicted molar refractivity (Wildman–Crippen MR) is 72.7 cm³/mol. The summed E-state index contributed by atoms with van der Waals surface area (Å²) in [5, 5.41) is 3.36. The summed E-state index contributed by atoms with van der Waals surface area (Å²) in [5.41, 5.74) is 5.39. The van der Waals surface area contributed by atoms with Crippen LogP contribution in [0.15, 0.2) is 35.7 Å². The first-order chi connectivity index (χ1) is 8.83. The minimum Gasteiger partial charge on any atom is -0.354 e. The number of aromatic nitrogens is 2. The van der Waals surface area contributed by atoms with Gasteiger partial charge in [0.05, 0.1) is 17.6 Å². The van der Waals surface area contributed by atoms with Gasteiger partial charge in [0.15, 0.2) is 0 Å². The number of hydrogen-bond donors (Lipinski definition) is 1. The van der Waals surface area contributed by atoms with Crippen LogP contribution in [-0.4, -0.2) is 22.7 Å². The van der Waals surface area contributed by atoms with Crippen LogP contribution in [0.25, 0.3) is 0 Å². The normalized spacial score (nSPS) is 13.2. The van der Waals surface area contributed by atoms with Gasteiger partial charge in [-0.15, -0.1) is 0 Å². The molecule has 1 aliphatic rings. The van der Waals surface area contributed by atoms with Crippen molar-refractivity contribution in [2.45, 2.75) is 13.3 Å². The first-order valence-corrected chi connectivity index (χ1v) is 5.99. The number of hydrogen-bond acceptors (Lipinski definition) is 4. The van der Waals surface area contributed by atoms with E-state index in [0.717, 1.165) is 41.2 Å². The molecule has 0 amide bonds. The van der Waals surface area contributed by atoms with Gasteiger partial charge in [-0.05, 0) is 24.6 Å². The van der Waals surface area contributed by atoms with Gasteiger partial charge in [0.2, 0.25) is 0 Å². The summed E-state index contributed by atoms with van der Waals surface area (Å²) in [7, 11) is 0. The average molecular weight is 238 g/mol. The van der Waals surface area contributed by atoms with Crippen molar-refractivity contribution < 1.29 is 0 Å². The van der Waals surface area contributed by atoms with E-state index < -0.39 is 0 Å². The lowest BCUT2D eigenvalue weighted by atomic mass is 10.1. The van der Waals surface area contributed by atoms with Crippen LogP contribution >= 0.6 is 0 Å². The maximum atomic E-state index is 4.48. The molecule has 0 atom stereocenters. The number of pyridine rings is 2. The Morgan fingerprint density at radius 1 is 1.28 bits per heavy atom. The van der Waals surface area contributed by atoms with Crippen LogP contribution in [0.5, 0.6) is 0 Å². The summed E-state index contributed by atoms with van der Waals surface area (Å²) in [4.78, 5) is 12.8. The lowest BCUT2D eigenvalue weighted by Crippen LogP contribution is -2.06. The average Bonchev–Trinajstić information content (AvgIpc) is 2.41. The van der Waals surface area contributed by atoms with Crippen LogP contribution < -0.4 is 5.32 Å². The lowest BCUT2D eigenvalue weighted by Gasteiger charge is -2.12. The highest BCUT2D eigenvalue weighted by Gasteiger charge is 2.08. The van der Waals surface area contributed by atoms with Crippen molar-refractivity contribution in [1.82, 2.24) is 9.97 Å². The maximum Gasteiger partial charge on any atom is 0.0577 e. The molecule has 1 N–H and O–H groups in total. The smallest absolute Gasteiger partial charge is 0.0577 e. The van der Waals surface area contributed by atoms with Crippen molar-refractivity contribution >= 4 is 17.6 Å². The number of aryl methyl sites for hydroxylation is 1. The fourth-order valence-corrected chi connectivity index (χ4v) is 2.00. The molecule has 0 saturated heterocycles. The van der Waals surface area contributed by atoms with Gasteiger partial charge in [0.1, 0.15) is 0 Å². The number of nitrogens with zero attached hydrogens (tertiary/aromatic N) is 3. The predicted octanol–water partition coefficient (Wildman–Crippen LogP) is 2.50. The number of anilines is 2. The monoisotopic (exact) mass is 238 g/mol. The second-order valence-corrected chi connectivity index (χ2v) is 4.36. The first kappa shape index (κ1) is 10.9. The number of nitrogens with one attached hydrogen (secondary N) is 1. The SMILES string of the molecule is Cc1cnccc1Nc1cnc2c(c1)C=NCC2. The Hall–Kier alpha value is -2.23. The highest BCUT2D eigenvalue weighted by atomic mass is 14.9. The van der Waals surface area contributed by atoms with E-state index in [1.165, 1.54) is 0 Å². The van der Waals surface area contributed by atoms with E-state index in [1.54, 1.807) is 6.20 Å².